The SMILES string of the molecule is Cc1nnc(-c2c(NCc3ccc(F)cc3)nc(CC(C)C)c(C(N)=O)c2-c2ccc(C(=O)NCc3ccc(F)c(F)c3)s2)o1. The van der Waals surface area contributed by atoms with Crippen molar-refractivity contribution in [3.63, 3.8) is 0 Å². The fourth-order valence-electron chi connectivity index (χ4n) is 4.72. The molecule has 0 bridgehead atoms. The Balaban J connectivity index is 1.60. The van der Waals surface area contributed by atoms with Gasteiger partial charge in [-0.05, 0) is 59.9 Å². The van der Waals surface area contributed by atoms with Gasteiger partial charge in [0.2, 0.25) is 5.89 Å². The highest BCUT2D eigenvalue weighted by atomic mass is 32.1. The molecule has 3 aromatic heterocycles. The summed E-state index contributed by atoms with van der Waals surface area (Å²) in [5.74, 6) is -2.77. The predicted octanol–water partition coefficient (Wildman–Crippen LogP) is 6.43. The average molecular weight is 635 g/mol. The number of primary amides is 1. The molecule has 0 saturated heterocycles. The molecule has 45 heavy (non-hydrogen) atoms. The molecule has 4 N–H and O–H groups in total. The van der Waals surface area contributed by atoms with E-state index in [0.29, 0.717) is 44.4 Å². The first-order valence-corrected chi connectivity index (χ1v) is 14.8. The van der Waals surface area contributed by atoms with Gasteiger partial charge in [-0.15, -0.1) is 21.5 Å². The summed E-state index contributed by atoms with van der Waals surface area (Å²) in [6.07, 6.45) is 0.409. The van der Waals surface area contributed by atoms with E-state index in [-0.39, 0.29) is 42.2 Å². The normalized spacial score (nSPS) is 11.2. The molecule has 2 aromatic carbocycles. The maximum atomic E-state index is 13.6. The summed E-state index contributed by atoms with van der Waals surface area (Å²) in [5.41, 5.74) is 8.40. The Morgan fingerprint density at radius 1 is 0.933 bits per heavy atom. The van der Waals surface area contributed by atoms with E-state index in [4.69, 9.17) is 15.1 Å². The molecule has 0 fully saturated rings. The van der Waals surface area contributed by atoms with E-state index in [0.717, 1.165) is 29.0 Å². The monoisotopic (exact) mass is 634 g/mol. The van der Waals surface area contributed by atoms with Crippen molar-refractivity contribution in [2.45, 2.75) is 40.3 Å². The summed E-state index contributed by atoms with van der Waals surface area (Å²) < 4.78 is 46.3. The lowest BCUT2D eigenvalue weighted by atomic mass is 9.94. The van der Waals surface area contributed by atoms with Crippen molar-refractivity contribution in [2.75, 3.05) is 5.32 Å². The molecule has 232 valence electrons. The van der Waals surface area contributed by atoms with Crippen LogP contribution in [0.3, 0.4) is 0 Å². The van der Waals surface area contributed by atoms with E-state index in [1.807, 2.05) is 13.8 Å². The number of anilines is 1. The summed E-state index contributed by atoms with van der Waals surface area (Å²) in [7, 11) is 0. The largest absolute Gasteiger partial charge is 0.421 e. The number of thiophene rings is 1. The summed E-state index contributed by atoms with van der Waals surface area (Å²) in [4.78, 5) is 31.8. The van der Waals surface area contributed by atoms with Gasteiger partial charge < -0.3 is 20.8 Å². The highest BCUT2D eigenvalue weighted by molar-refractivity contribution is 7.17. The molecule has 0 atom stereocenters. The second kappa shape index (κ2) is 13.3. The Morgan fingerprint density at radius 3 is 2.31 bits per heavy atom. The number of nitrogens with zero attached hydrogens (tertiary/aromatic N) is 3. The van der Waals surface area contributed by atoms with Gasteiger partial charge in [-0.3, -0.25) is 9.59 Å². The molecular weight excluding hydrogens is 605 g/mol. The molecule has 0 aliphatic carbocycles. The molecule has 2 amide bonds. The number of hydrogen-bond donors (Lipinski definition) is 3. The van der Waals surface area contributed by atoms with Crippen molar-refractivity contribution in [3.8, 4) is 21.9 Å². The van der Waals surface area contributed by atoms with Gasteiger partial charge in [0.15, 0.2) is 11.6 Å². The zero-order valence-electron chi connectivity index (χ0n) is 24.6. The first kappa shape index (κ1) is 31.4. The fourth-order valence-corrected chi connectivity index (χ4v) is 5.70. The van der Waals surface area contributed by atoms with Crippen LogP contribution in [0.5, 0.6) is 0 Å². The quantitative estimate of drug-likeness (QED) is 0.152. The Bertz CT molecular complexity index is 1870. The highest BCUT2D eigenvalue weighted by Crippen LogP contribution is 2.43. The lowest BCUT2D eigenvalue weighted by Crippen LogP contribution is -2.21. The third-order valence-corrected chi connectivity index (χ3v) is 7.85. The number of aromatic nitrogens is 3. The van der Waals surface area contributed by atoms with Crippen LogP contribution in [0.1, 0.15) is 56.6 Å². The lowest BCUT2D eigenvalue weighted by molar-refractivity contribution is 0.0953. The topological polar surface area (TPSA) is 136 Å². The van der Waals surface area contributed by atoms with Crippen LogP contribution in [-0.4, -0.2) is 27.0 Å². The Morgan fingerprint density at radius 2 is 1.67 bits per heavy atom. The Hall–Kier alpha value is -5.04. The van der Waals surface area contributed by atoms with Crippen molar-refractivity contribution >= 4 is 29.0 Å². The number of hydrogen-bond acceptors (Lipinski definition) is 8. The molecule has 0 radical (unpaired) electrons. The molecule has 5 aromatic rings. The third kappa shape index (κ3) is 7.20. The van der Waals surface area contributed by atoms with Gasteiger partial charge in [0, 0.05) is 30.5 Å². The minimum atomic E-state index is -1.01. The van der Waals surface area contributed by atoms with E-state index in [1.165, 1.54) is 18.2 Å². The molecule has 3 heterocycles. The summed E-state index contributed by atoms with van der Waals surface area (Å²) >= 11 is 1.09. The molecule has 0 spiro atoms. The Labute approximate surface area is 260 Å². The number of pyridine rings is 1. The van der Waals surface area contributed by atoms with Crippen LogP contribution in [-0.2, 0) is 19.5 Å². The molecule has 13 heteroatoms. The van der Waals surface area contributed by atoms with Crippen molar-refractivity contribution < 1.29 is 27.2 Å². The fraction of sp³-hybridized carbons (Fsp3) is 0.219. The molecular formula is C32H29F3N6O3S. The maximum absolute atomic E-state index is 13.6. The van der Waals surface area contributed by atoms with Crippen LogP contribution < -0.4 is 16.4 Å². The summed E-state index contributed by atoms with van der Waals surface area (Å²) in [6, 6.07) is 12.6. The van der Waals surface area contributed by atoms with Crippen LogP contribution >= 0.6 is 11.3 Å². The van der Waals surface area contributed by atoms with Gasteiger partial charge in [0.05, 0.1) is 21.7 Å². The second-order valence-electron chi connectivity index (χ2n) is 10.7. The van der Waals surface area contributed by atoms with Gasteiger partial charge in [-0.1, -0.05) is 32.0 Å². The molecule has 0 aliphatic rings. The number of carbonyl (C=O) groups excluding carboxylic acids is 2. The second-order valence-corrected chi connectivity index (χ2v) is 11.8. The van der Waals surface area contributed by atoms with Gasteiger partial charge in [0.1, 0.15) is 11.6 Å². The van der Waals surface area contributed by atoms with Gasteiger partial charge >= 0.3 is 0 Å². The number of aryl methyl sites for hydroxylation is 1. The zero-order valence-corrected chi connectivity index (χ0v) is 25.4. The van der Waals surface area contributed by atoms with Crippen molar-refractivity contribution in [1.29, 1.82) is 0 Å². The molecule has 0 aliphatic heterocycles. The molecule has 0 unspecified atom stereocenters. The van der Waals surface area contributed by atoms with Gasteiger partial charge in [0.25, 0.3) is 17.7 Å². The predicted molar refractivity (Wildman–Crippen MR) is 164 cm³/mol. The van der Waals surface area contributed by atoms with E-state index >= 15 is 0 Å². The molecule has 9 nitrogen and oxygen atoms in total. The van der Waals surface area contributed by atoms with Crippen LogP contribution in [0.2, 0.25) is 0 Å². The van der Waals surface area contributed by atoms with Gasteiger partial charge in [-0.2, -0.15) is 0 Å². The Kier molecular flexibility index (Phi) is 9.28. The summed E-state index contributed by atoms with van der Waals surface area (Å²) in [6.45, 7) is 5.80. The smallest absolute Gasteiger partial charge is 0.261 e. The number of nitrogens with one attached hydrogen (secondary N) is 2. The van der Waals surface area contributed by atoms with Crippen LogP contribution in [0.15, 0.2) is 59.0 Å². The lowest BCUT2D eigenvalue weighted by Gasteiger charge is -2.19. The molecule has 5 rings (SSSR count). The number of benzene rings is 2. The molecule has 0 saturated carbocycles. The number of halogens is 3. The number of rotatable bonds is 11. The minimum Gasteiger partial charge on any atom is -0.421 e. The number of nitrogens with two attached hydrogens (primary N) is 1. The van der Waals surface area contributed by atoms with Crippen molar-refractivity contribution in [2.24, 2.45) is 11.7 Å². The van der Waals surface area contributed by atoms with Gasteiger partial charge in [-0.25, -0.2) is 18.2 Å². The van der Waals surface area contributed by atoms with E-state index in [2.05, 4.69) is 20.8 Å². The third-order valence-electron chi connectivity index (χ3n) is 6.75. The number of amides is 2. The average Bonchev–Trinajstić information content (AvgIpc) is 3.66. The maximum Gasteiger partial charge on any atom is 0.261 e. The number of carbonyl (C=O) groups is 2. The van der Waals surface area contributed by atoms with Crippen molar-refractivity contribution in [3.05, 3.63) is 105 Å². The minimum absolute atomic E-state index is 0.0342. The first-order valence-electron chi connectivity index (χ1n) is 14.0. The van der Waals surface area contributed by atoms with E-state index in [9.17, 15) is 22.8 Å². The van der Waals surface area contributed by atoms with E-state index in [1.54, 1.807) is 31.2 Å². The van der Waals surface area contributed by atoms with Crippen LogP contribution in [0.4, 0.5) is 19.0 Å². The standard InChI is InChI=1S/C32H29F3N6O3S/c1-16(2)12-23-26(29(36)42)27(24-10-11-25(45-24)31(43)38-15-19-6-9-21(34)22(35)13-19)28(32-41-40-17(3)44-32)30(39-23)37-14-18-4-7-20(33)8-5-18/h4-11,13,16H,12,14-15H2,1-3H3,(H2,36,42)(H,37,39)(H,38,43). The highest BCUT2D eigenvalue weighted by Gasteiger charge is 2.29. The first-order chi connectivity index (χ1) is 21.5. The zero-order chi connectivity index (χ0) is 32.2. The van der Waals surface area contributed by atoms with Crippen LogP contribution in [0.25, 0.3) is 21.9 Å². The van der Waals surface area contributed by atoms with Crippen molar-refractivity contribution in [1.82, 2.24) is 20.5 Å². The summed E-state index contributed by atoms with van der Waals surface area (Å²) in [5, 5.41) is 14.2. The van der Waals surface area contributed by atoms with E-state index < -0.39 is 23.4 Å². The van der Waals surface area contributed by atoms with Crippen LogP contribution in [0, 0.1) is 30.3 Å².